The van der Waals surface area contributed by atoms with Crippen LogP contribution in [0.5, 0.6) is 0 Å². The minimum Gasteiger partial charge on any atom is -0.450 e. The predicted octanol–water partition coefficient (Wildman–Crippen LogP) is 2.16. The fourth-order valence-corrected chi connectivity index (χ4v) is 1.06. The van der Waals surface area contributed by atoms with Crippen LogP contribution in [0, 0.1) is 0 Å². The van der Waals surface area contributed by atoms with Gasteiger partial charge in [-0.25, -0.2) is 4.79 Å². The van der Waals surface area contributed by atoms with E-state index in [2.05, 4.69) is 6.58 Å². The Bertz CT molecular complexity index is 295. The normalized spacial score (nSPS) is 22.4. The van der Waals surface area contributed by atoms with E-state index in [1.54, 1.807) is 30.4 Å². The maximum Gasteiger partial charge on any atom is 0.338 e. The molecule has 0 fully saturated rings. The third-order valence-corrected chi connectivity index (χ3v) is 1.61. The van der Waals surface area contributed by atoms with Gasteiger partial charge in [0.1, 0.15) is 6.10 Å². The molecule has 1 atom stereocenters. The first-order chi connectivity index (χ1) is 6.27. The fourth-order valence-electron chi connectivity index (χ4n) is 1.06. The van der Waals surface area contributed by atoms with Crippen molar-refractivity contribution in [2.24, 2.45) is 0 Å². The van der Waals surface area contributed by atoms with Crippen LogP contribution in [-0.2, 0) is 9.53 Å². The third-order valence-electron chi connectivity index (χ3n) is 1.61. The topological polar surface area (TPSA) is 26.3 Å². The van der Waals surface area contributed by atoms with Gasteiger partial charge < -0.3 is 4.74 Å². The Labute approximate surface area is 77.9 Å². The summed E-state index contributed by atoms with van der Waals surface area (Å²) < 4.78 is 5.01. The average Bonchev–Trinajstić information content (AvgIpc) is 2.45. The van der Waals surface area contributed by atoms with Crippen LogP contribution in [0.2, 0.25) is 0 Å². The van der Waals surface area contributed by atoms with E-state index in [0.29, 0.717) is 5.57 Å². The molecule has 0 spiro atoms. The quantitative estimate of drug-likeness (QED) is 0.486. The van der Waals surface area contributed by atoms with Gasteiger partial charge in [-0.05, 0) is 19.1 Å². The number of rotatable bonds is 3. The number of ether oxygens (including phenoxy) is 1. The average molecular weight is 176 g/mol. The summed E-state index contributed by atoms with van der Waals surface area (Å²) >= 11 is 0. The van der Waals surface area contributed by atoms with Crippen LogP contribution in [0.25, 0.3) is 0 Å². The second kappa shape index (κ2) is 4.45. The Morgan fingerprint density at radius 1 is 1.62 bits per heavy atom. The highest BCUT2D eigenvalue weighted by Crippen LogP contribution is 2.15. The molecule has 1 aliphatic heterocycles. The van der Waals surface area contributed by atoms with Crippen LogP contribution in [0.15, 0.2) is 48.6 Å². The highest BCUT2D eigenvalue weighted by atomic mass is 16.5. The van der Waals surface area contributed by atoms with Crippen molar-refractivity contribution in [1.29, 1.82) is 0 Å². The van der Waals surface area contributed by atoms with Crippen LogP contribution in [0.3, 0.4) is 0 Å². The summed E-state index contributed by atoms with van der Waals surface area (Å²) in [5, 5.41) is 0. The lowest BCUT2D eigenvalue weighted by atomic mass is 10.2. The van der Waals surface area contributed by atoms with Gasteiger partial charge in [0.05, 0.1) is 5.57 Å². The Hall–Kier alpha value is -1.57. The van der Waals surface area contributed by atoms with Crippen molar-refractivity contribution < 1.29 is 9.53 Å². The SMILES string of the molecule is C=CC=C[C@H]1C=C(C=CC)C(=O)O1. The molecule has 0 saturated heterocycles. The van der Waals surface area contributed by atoms with Gasteiger partial charge in [-0.2, -0.15) is 0 Å². The number of allylic oxidation sites excluding steroid dienone is 3. The number of hydrogen-bond acceptors (Lipinski definition) is 2. The van der Waals surface area contributed by atoms with Crippen molar-refractivity contribution in [2.45, 2.75) is 13.0 Å². The maximum absolute atomic E-state index is 11.1. The molecule has 1 aliphatic rings. The van der Waals surface area contributed by atoms with E-state index in [-0.39, 0.29) is 12.1 Å². The van der Waals surface area contributed by atoms with E-state index in [0.717, 1.165) is 0 Å². The molecule has 0 amide bonds. The maximum atomic E-state index is 11.1. The Morgan fingerprint density at radius 2 is 2.38 bits per heavy atom. The van der Waals surface area contributed by atoms with Gasteiger partial charge in [0.15, 0.2) is 0 Å². The van der Waals surface area contributed by atoms with Gasteiger partial charge in [-0.1, -0.05) is 30.9 Å². The van der Waals surface area contributed by atoms with Gasteiger partial charge in [-0.3, -0.25) is 0 Å². The van der Waals surface area contributed by atoms with Crippen molar-refractivity contribution in [3.05, 3.63) is 48.6 Å². The number of carbonyl (C=O) groups is 1. The summed E-state index contributed by atoms with van der Waals surface area (Å²) in [6, 6.07) is 0. The molecule has 2 heteroatoms. The van der Waals surface area contributed by atoms with Gasteiger partial charge in [0, 0.05) is 0 Å². The molecule has 13 heavy (non-hydrogen) atoms. The molecular weight excluding hydrogens is 164 g/mol. The van der Waals surface area contributed by atoms with Crippen LogP contribution in [-0.4, -0.2) is 12.1 Å². The second-order valence-electron chi connectivity index (χ2n) is 2.61. The Kier molecular flexibility index (Phi) is 3.26. The zero-order valence-electron chi connectivity index (χ0n) is 7.57. The highest BCUT2D eigenvalue weighted by molar-refractivity contribution is 5.94. The van der Waals surface area contributed by atoms with Crippen LogP contribution in [0.1, 0.15) is 6.92 Å². The number of cyclic esters (lactones) is 1. The standard InChI is InChI=1S/C11H12O2/c1-3-5-7-10-8-9(6-4-2)11(12)13-10/h3-8,10H,1H2,2H3/t10-/m0/s1. The molecular formula is C11H12O2. The molecule has 68 valence electrons. The van der Waals surface area contributed by atoms with E-state index < -0.39 is 0 Å². The van der Waals surface area contributed by atoms with E-state index >= 15 is 0 Å². The monoisotopic (exact) mass is 176 g/mol. The van der Waals surface area contributed by atoms with Gasteiger partial charge in [0.25, 0.3) is 0 Å². The molecule has 0 aromatic rings. The van der Waals surface area contributed by atoms with Crippen molar-refractivity contribution in [3.8, 4) is 0 Å². The molecule has 1 heterocycles. The van der Waals surface area contributed by atoms with Gasteiger partial charge >= 0.3 is 5.97 Å². The number of hydrogen-bond donors (Lipinski definition) is 0. The first-order valence-corrected chi connectivity index (χ1v) is 4.12. The predicted molar refractivity (Wildman–Crippen MR) is 52.1 cm³/mol. The lowest BCUT2D eigenvalue weighted by Crippen LogP contribution is -2.04. The smallest absolute Gasteiger partial charge is 0.338 e. The second-order valence-corrected chi connectivity index (χ2v) is 2.61. The molecule has 1 rings (SSSR count). The molecule has 0 saturated carbocycles. The highest BCUT2D eigenvalue weighted by Gasteiger charge is 2.20. The van der Waals surface area contributed by atoms with Crippen molar-refractivity contribution in [2.75, 3.05) is 0 Å². The third kappa shape index (κ3) is 2.44. The van der Waals surface area contributed by atoms with Gasteiger partial charge in [-0.15, -0.1) is 0 Å². The van der Waals surface area contributed by atoms with Crippen LogP contribution >= 0.6 is 0 Å². The molecule has 0 radical (unpaired) electrons. The van der Waals surface area contributed by atoms with Crippen molar-refractivity contribution in [3.63, 3.8) is 0 Å². The van der Waals surface area contributed by atoms with Crippen molar-refractivity contribution in [1.82, 2.24) is 0 Å². The zero-order valence-corrected chi connectivity index (χ0v) is 7.57. The van der Waals surface area contributed by atoms with E-state index in [4.69, 9.17) is 4.74 Å². The molecule has 0 aliphatic carbocycles. The largest absolute Gasteiger partial charge is 0.450 e. The molecule has 0 aromatic heterocycles. The van der Waals surface area contributed by atoms with Crippen molar-refractivity contribution >= 4 is 5.97 Å². The van der Waals surface area contributed by atoms with Gasteiger partial charge in [0.2, 0.25) is 0 Å². The first kappa shape index (κ1) is 9.52. The van der Waals surface area contributed by atoms with E-state index in [1.807, 2.05) is 13.0 Å². The summed E-state index contributed by atoms with van der Waals surface area (Å²) in [6.45, 7) is 5.40. The molecule has 0 bridgehead atoms. The molecule has 0 aromatic carbocycles. The number of esters is 1. The summed E-state index contributed by atoms with van der Waals surface area (Å²) in [7, 11) is 0. The molecule has 0 unspecified atom stereocenters. The zero-order chi connectivity index (χ0) is 9.68. The first-order valence-electron chi connectivity index (χ1n) is 4.12. The van der Waals surface area contributed by atoms with Crippen LogP contribution < -0.4 is 0 Å². The van der Waals surface area contributed by atoms with E-state index in [1.165, 1.54) is 0 Å². The lowest BCUT2D eigenvalue weighted by molar-refractivity contribution is -0.137. The summed E-state index contributed by atoms with van der Waals surface area (Å²) in [6.07, 6.45) is 10.3. The Morgan fingerprint density at radius 3 is 3.00 bits per heavy atom. The molecule has 0 N–H and O–H groups in total. The minimum atomic E-state index is -0.267. The van der Waals surface area contributed by atoms with E-state index in [9.17, 15) is 4.79 Å². The lowest BCUT2D eigenvalue weighted by Gasteiger charge is -1.99. The Balaban J connectivity index is 2.71. The summed E-state index contributed by atoms with van der Waals surface area (Å²) in [5.41, 5.74) is 0.612. The minimum absolute atomic E-state index is 0.239. The number of carbonyl (C=O) groups excluding carboxylic acids is 1. The molecule has 2 nitrogen and oxygen atoms in total. The summed E-state index contributed by atoms with van der Waals surface area (Å²) in [5.74, 6) is -0.267. The fraction of sp³-hybridized carbons (Fsp3) is 0.182. The van der Waals surface area contributed by atoms with Crippen LogP contribution in [0.4, 0.5) is 0 Å². The summed E-state index contributed by atoms with van der Waals surface area (Å²) in [4.78, 5) is 11.1.